The SMILES string of the molecule is C/C=c1/cccn/c1=C/CCN(C(=O)OC(C)(C)C)c1ccc(CCC(=O)OCC)c(F)c1. The predicted molar refractivity (Wildman–Crippen MR) is 128 cm³/mol. The molecule has 0 aliphatic rings. The van der Waals surface area contributed by atoms with Gasteiger partial charge in [-0.1, -0.05) is 24.3 Å². The van der Waals surface area contributed by atoms with Crippen LogP contribution in [-0.4, -0.2) is 35.8 Å². The maximum Gasteiger partial charge on any atom is 0.414 e. The standard InChI is InChI=1S/C26H33FN2O4/c1-6-19-10-8-16-28-23(19)11-9-17-29(25(31)33-26(3,4)5)21-14-12-20(22(27)18-21)13-15-24(30)32-7-2/h6,8,10-12,14,16,18H,7,9,13,15,17H2,1-5H3/b19-6-,23-11+. The van der Waals surface area contributed by atoms with Crippen molar-refractivity contribution in [3.05, 3.63) is 58.5 Å². The molecule has 7 heteroatoms. The summed E-state index contributed by atoms with van der Waals surface area (Å²) < 4.78 is 25.2. The number of ether oxygens (including phenoxy) is 2. The van der Waals surface area contributed by atoms with Crippen molar-refractivity contribution in [3.63, 3.8) is 0 Å². The second-order valence-corrected chi connectivity index (χ2v) is 8.47. The highest BCUT2D eigenvalue weighted by atomic mass is 19.1. The molecule has 0 fully saturated rings. The molecule has 0 radical (unpaired) electrons. The van der Waals surface area contributed by atoms with E-state index in [1.165, 1.54) is 11.0 Å². The Morgan fingerprint density at radius 2 is 1.97 bits per heavy atom. The molecule has 178 valence electrons. The summed E-state index contributed by atoms with van der Waals surface area (Å²) in [4.78, 5) is 30.3. The van der Waals surface area contributed by atoms with Crippen LogP contribution in [0.5, 0.6) is 0 Å². The van der Waals surface area contributed by atoms with Gasteiger partial charge in [0.05, 0.1) is 12.0 Å². The Hall–Kier alpha value is -3.22. The van der Waals surface area contributed by atoms with Crippen LogP contribution in [0.1, 0.15) is 53.0 Å². The average Bonchev–Trinajstić information content (AvgIpc) is 2.75. The smallest absolute Gasteiger partial charge is 0.414 e. The third-order valence-electron chi connectivity index (χ3n) is 4.74. The van der Waals surface area contributed by atoms with Crippen LogP contribution < -0.4 is 15.5 Å². The molecule has 1 aromatic carbocycles. The van der Waals surface area contributed by atoms with Gasteiger partial charge in [-0.05, 0) is 76.4 Å². The Morgan fingerprint density at radius 3 is 2.61 bits per heavy atom. The van der Waals surface area contributed by atoms with Gasteiger partial charge in [0.1, 0.15) is 11.4 Å². The van der Waals surface area contributed by atoms with Crippen molar-refractivity contribution in [2.75, 3.05) is 18.1 Å². The Balaban J connectivity index is 2.25. The van der Waals surface area contributed by atoms with Crippen LogP contribution in [0.4, 0.5) is 14.9 Å². The third kappa shape index (κ3) is 8.33. The summed E-state index contributed by atoms with van der Waals surface area (Å²) in [6, 6.07) is 8.39. The molecule has 0 aliphatic carbocycles. The van der Waals surface area contributed by atoms with E-state index >= 15 is 0 Å². The van der Waals surface area contributed by atoms with Gasteiger partial charge in [0.2, 0.25) is 0 Å². The summed E-state index contributed by atoms with van der Waals surface area (Å²) in [5.41, 5.74) is 0.0834. The van der Waals surface area contributed by atoms with Crippen LogP contribution in [0, 0.1) is 5.82 Å². The van der Waals surface area contributed by atoms with E-state index in [2.05, 4.69) is 4.98 Å². The number of pyridine rings is 1. The van der Waals surface area contributed by atoms with Crippen LogP contribution in [0.3, 0.4) is 0 Å². The van der Waals surface area contributed by atoms with Crippen molar-refractivity contribution in [1.29, 1.82) is 0 Å². The van der Waals surface area contributed by atoms with E-state index in [0.29, 0.717) is 24.3 Å². The van der Waals surface area contributed by atoms with Crippen molar-refractivity contribution in [3.8, 4) is 0 Å². The number of aromatic nitrogens is 1. The summed E-state index contributed by atoms with van der Waals surface area (Å²) in [6.45, 7) is 9.59. The van der Waals surface area contributed by atoms with E-state index in [4.69, 9.17) is 9.47 Å². The number of esters is 1. The van der Waals surface area contributed by atoms with Gasteiger partial charge in [0, 0.05) is 24.8 Å². The molecule has 33 heavy (non-hydrogen) atoms. The normalized spacial score (nSPS) is 12.5. The number of amides is 1. The molecule has 2 rings (SSSR count). The first-order chi connectivity index (χ1) is 15.6. The van der Waals surface area contributed by atoms with E-state index < -0.39 is 17.5 Å². The lowest BCUT2D eigenvalue weighted by molar-refractivity contribution is -0.143. The topological polar surface area (TPSA) is 68.7 Å². The van der Waals surface area contributed by atoms with Gasteiger partial charge in [-0.25, -0.2) is 9.18 Å². The summed E-state index contributed by atoms with van der Waals surface area (Å²) in [5, 5.41) is 1.82. The van der Waals surface area contributed by atoms with Crippen molar-refractivity contribution in [2.45, 2.75) is 59.5 Å². The molecule has 0 unspecified atom stereocenters. The van der Waals surface area contributed by atoms with E-state index in [-0.39, 0.29) is 25.4 Å². The Labute approximate surface area is 194 Å². The number of aryl methyl sites for hydroxylation is 1. The Morgan fingerprint density at radius 1 is 1.21 bits per heavy atom. The highest BCUT2D eigenvalue weighted by Crippen LogP contribution is 2.23. The summed E-state index contributed by atoms with van der Waals surface area (Å²) in [5.74, 6) is -0.855. The van der Waals surface area contributed by atoms with Crippen molar-refractivity contribution in [2.24, 2.45) is 0 Å². The molecule has 0 aliphatic heterocycles. The lowest BCUT2D eigenvalue weighted by atomic mass is 10.1. The maximum atomic E-state index is 14.8. The zero-order chi connectivity index (χ0) is 24.4. The molecule has 6 nitrogen and oxygen atoms in total. The lowest BCUT2D eigenvalue weighted by Gasteiger charge is -2.27. The number of rotatable bonds is 8. The fraction of sp³-hybridized carbons (Fsp3) is 0.423. The van der Waals surface area contributed by atoms with Crippen molar-refractivity contribution < 1.29 is 23.5 Å². The molecule has 0 N–H and O–H groups in total. The van der Waals surface area contributed by atoms with E-state index in [0.717, 1.165) is 10.6 Å². The second kappa shape index (κ2) is 12.1. The van der Waals surface area contributed by atoms with Gasteiger partial charge in [-0.15, -0.1) is 0 Å². The molecule has 0 bridgehead atoms. The van der Waals surface area contributed by atoms with E-state index in [1.54, 1.807) is 46.0 Å². The monoisotopic (exact) mass is 456 g/mol. The first-order valence-electron chi connectivity index (χ1n) is 11.2. The molecule has 0 atom stereocenters. The second-order valence-electron chi connectivity index (χ2n) is 8.47. The minimum absolute atomic E-state index is 0.0930. The summed E-state index contributed by atoms with van der Waals surface area (Å²) in [7, 11) is 0. The lowest BCUT2D eigenvalue weighted by Crippen LogP contribution is -2.38. The van der Waals surface area contributed by atoms with Gasteiger partial charge < -0.3 is 9.47 Å². The number of hydrogen-bond acceptors (Lipinski definition) is 5. The van der Waals surface area contributed by atoms with Crippen molar-refractivity contribution in [1.82, 2.24) is 4.98 Å². The molecule has 2 aromatic rings. The fourth-order valence-electron chi connectivity index (χ4n) is 3.19. The molecule has 1 aromatic heterocycles. The van der Waals surface area contributed by atoms with Crippen molar-refractivity contribution >= 4 is 29.9 Å². The molecular formula is C26H33FN2O4. The van der Waals surface area contributed by atoms with Gasteiger partial charge in [0.15, 0.2) is 0 Å². The minimum Gasteiger partial charge on any atom is -0.466 e. The zero-order valence-electron chi connectivity index (χ0n) is 20.1. The fourth-order valence-corrected chi connectivity index (χ4v) is 3.19. The van der Waals surface area contributed by atoms with E-state index in [1.807, 2.05) is 31.2 Å². The number of hydrogen-bond donors (Lipinski definition) is 0. The van der Waals surface area contributed by atoms with Gasteiger partial charge in [-0.2, -0.15) is 0 Å². The largest absolute Gasteiger partial charge is 0.466 e. The molecule has 0 spiro atoms. The number of carbonyl (C=O) groups excluding carboxylic acids is 2. The minimum atomic E-state index is -0.692. The van der Waals surface area contributed by atoms with Crippen LogP contribution in [0.25, 0.3) is 12.2 Å². The highest BCUT2D eigenvalue weighted by molar-refractivity contribution is 5.88. The predicted octanol–water partition coefficient (Wildman–Crippen LogP) is 4.13. The number of nitrogens with zero attached hydrogens (tertiary/aromatic N) is 2. The number of benzene rings is 1. The van der Waals surface area contributed by atoms with Gasteiger partial charge in [0.25, 0.3) is 0 Å². The third-order valence-corrected chi connectivity index (χ3v) is 4.74. The number of anilines is 1. The van der Waals surface area contributed by atoms with Crippen LogP contribution >= 0.6 is 0 Å². The molecular weight excluding hydrogens is 423 g/mol. The van der Waals surface area contributed by atoms with Gasteiger partial charge >= 0.3 is 12.1 Å². The molecule has 0 saturated heterocycles. The Kier molecular flexibility index (Phi) is 9.57. The van der Waals surface area contributed by atoms with Crippen LogP contribution in [-0.2, 0) is 20.7 Å². The van der Waals surface area contributed by atoms with Gasteiger partial charge in [-0.3, -0.25) is 14.7 Å². The highest BCUT2D eigenvalue weighted by Gasteiger charge is 2.24. The summed E-state index contributed by atoms with van der Waals surface area (Å²) >= 11 is 0. The van der Waals surface area contributed by atoms with E-state index in [9.17, 15) is 14.0 Å². The molecule has 1 amide bonds. The zero-order valence-corrected chi connectivity index (χ0v) is 20.1. The molecule has 1 heterocycles. The first-order valence-corrected chi connectivity index (χ1v) is 11.2. The number of halogens is 1. The Bertz CT molecular complexity index is 1080. The quantitative estimate of drug-likeness (QED) is 0.559. The number of carbonyl (C=O) groups is 2. The van der Waals surface area contributed by atoms with Crippen LogP contribution in [0.2, 0.25) is 0 Å². The first kappa shape index (κ1) is 26.0. The summed E-state index contributed by atoms with van der Waals surface area (Å²) in [6.07, 6.45) is 5.89. The maximum absolute atomic E-state index is 14.8. The molecule has 0 saturated carbocycles. The average molecular weight is 457 g/mol. The van der Waals surface area contributed by atoms with Crippen LogP contribution in [0.15, 0.2) is 36.5 Å².